The van der Waals surface area contributed by atoms with Crippen LogP contribution in [0.1, 0.15) is 55.4 Å². The Bertz CT molecular complexity index is 1210. The predicted molar refractivity (Wildman–Crippen MR) is 129 cm³/mol. The third-order valence-corrected chi connectivity index (χ3v) is 8.68. The molecule has 0 bridgehead atoms. The van der Waals surface area contributed by atoms with Crippen molar-refractivity contribution < 1.29 is 14.0 Å². The highest BCUT2D eigenvalue weighted by molar-refractivity contribution is 5.73. The molecule has 6 rings (SSSR count). The number of nitrogens with zero attached hydrogens (tertiary/aromatic N) is 1. The number of ether oxygens (including phenoxy) is 2. The van der Waals surface area contributed by atoms with Crippen molar-refractivity contribution in [2.45, 2.75) is 44.9 Å². The quantitative estimate of drug-likeness (QED) is 0.441. The highest BCUT2D eigenvalue weighted by atomic mass is 16.5. The minimum Gasteiger partial charge on any atom is -0.497 e. The van der Waals surface area contributed by atoms with Crippen LogP contribution < -0.4 is 9.47 Å². The summed E-state index contributed by atoms with van der Waals surface area (Å²) in [4.78, 5) is 0. The van der Waals surface area contributed by atoms with Gasteiger partial charge >= 0.3 is 0 Å². The lowest BCUT2D eigenvalue weighted by atomic mass is 9.54. The first-order valence-corrected chi connectivity index (χ1v) is 12.1. The van der Waals surface area contributed by atoms with Crippen LogP contribution in [-0.4, -0.2) is 19.4 Å². The van der Waals surface area contributed by atoms with Crippen LogP contribution in [0.25, 0.3) is 16.8 Å². The molecule has 0 unspecified atom stereocenters. The molecule has 0 amide bonds. The van der Waals surface area contributed by atoms with Crippen LogP contribution in [-0.2, 0) is 6.42 Å². The van der Waals surface area contributed by atoms with Crippen LogP contribution in [0.15, 0.2) is 59.1 Å². The summed E-state index contributed by atoms with van der Waals surface area (Å²) < 4.78 is 16.7. The zero-order valence-corrected chi connectivity index (χ0v) is 19.6. The van der Waals surface area contributed by atoms with Crippen molar-refractivity contribution in [1.29, 1.82) is 0 Å². The molecule has 1 fully saturated rings. The first-order chi connectivity index (χ1) is 16.1. The number of rotatable bonds is 4. The Morgan fingerprint density at radius 1 is 0.970 bits per heavy atom. The summed E-state index contributed by atoms with van der Waals surface area (Å²) in [6.07, 6.45) is 8.41. The summed E-state index contributed by atoms with van der Waals surface area (Å²) in [5, 5.41) is 4.41. The molecular weight excluding hydrogens is 410 g/mol. The molecule has 3 aliphatic carbocycles. The summed E-state index contributed by atoms with van der Waals surface area (Å²) in [5.41, 5.74) is 6.50. The molecule has 4 heteroatoms. The molecular formula is C29H31NO3. The van der Waals surface area contributed by atoms with Crippen LogP contribution in [0.2, 0.25) is 0 Å². The van der Waals surface area contributed by atoms with E-state index in [0.29, 0.717) is 11.8 Å². The largest absolute Gasteiger partial charge is 0.497 e. The predicted octanol–water partition coefficient (Wildman–Crippen LogP) is 6.91. The first-order valence-electron chi connectivity index (χ1n) is 12.1. The van der Waals surface area contributed by atoms with E-state index in [9.17, 15) is 0 Å². The van der Waals surface area contributed by atoms with Gasteiger partial charge in [0.25, 0.3) is 0 Å². The average Bonchev–Trinajstić information content (AvgIpc) is 3.47. The SMILES string of the molecule is COc1ccc(-c2cc(C3=CC[C@H]4[C@@H]5CCc6cc(OC)ccc6[C@H]5CC[C@]34C)on2)cc1. The number of fused-ring (bicyclic) bond motifs is 5. The summed E-state index contributed by atoms with van der Waals surface area (Å²) >= 11 is 0. The number of hydrogen-bond donors (Lipinski definition) is 0. The molecule has 0 aliphatic heterocycles. The Hall–Kier alpha value is -3.01. The van der Waals surface area contributed by atoms with Gasteiger partial charge in [-0.15, -0.1) is 0 Å². The van der Waals surface area contributed by atoms with Crippen molar-refractivity contribution in [3.8, 4) is 22.8 Å². The molecule has 1 saturated carbocycles. The van der Waals surface area contributed by atoms with Crippen LogP contribution in [0, 0.1) is 17.3 Å². The maximum atomic E-state index is 5.93. The Balaban J connectivity index is 1.26. The lowest BCUT2D eigenvalue weighted by Gasteiger charge is -2.50. The second kappa shape index (κ2) is 7.79. The van der Waals surface area contributed by atoms with E-state index < -0.39 is 0 Å². The number of allylic oxidation sites excluding steroid dienone is 2. The molecule has 3 aliphatic rings. The minimum absolute atomic E-state index is 0.155. The van der Waals surface area contributed by atoms with Gasteiger partial charge < -0.3 is 14.0 Å². The van der Waals surface area contributed by atoms with E-state index in [1.165, 1.54) is 30.4 Å². The summed E-state index contributed by atoms with van der Waals surface area (Å²) in [6, 6.07) is 16.8. The Morgan fingerprint density at radius 2 is 1.76 bits per heavy atom. The fourth-order valence-electron chi connectivity index (χ4n) is 6.94. The van der Waals surface area contributed by atoms with Crippen molar-refractivity contribution in [2.75, 3.05) is 14.2 Å². The topological polar surface area (TPSA) is 44.5 Å². The summed E-state index contributed by atoms with van der Waals surface area (Å²) in [6.45, 7) is 2.46. The van der Waals surface area contributed by atoms with Crippen molar-refractivity contribution >= 4 is 5.57 Å². The van der Waals surface area contributed by atoms with Crippen LogP contribution in [0.3, 0.4) is 0 Å². The van der Waals surface area contributed by atoms with Gasteiger partial charge in [-0.2, -0.15) is 0 Å². The number of methoxy groups -OCH3 is 2. The van der Waals surface area contributed by atoms with E-state index in [0.717, 1.165) is 47.3 Å². The molecule has 0 N–H and O–H groups in total. The van der Waals surface area contributed by atoms with E-state index >= 15 is 0 Å². The van der Waals surface area contributed by atoms with Crippen LogP contribution in [0.5, 0.6) is 11.5 Å². The van der Waals surface area contributed by atoms with Gasteiger partial charge in [0.15, 0.2) is 5.76 Å². The zero-order valence-electron chi connectivity index (χ0n) is 19.6. The lowest BCUT2D eigenvalue weighted by Crippen LogP contribution is -2.40. The highest BCUT2D eigenvalue weighted by Crippen LogP contribution is 2.63. The Kier molecular flexibility index (Phi) is 4.86. The zero-order chi connectivity index (χ0) is 22.6. The van der Waals surface area contributed by atoms with Gasteiger partial charge in [-0.3, -0.25) is 0 Å². The molecule has 4 atom stereocenters. The third kappa shape index (κ3) is 3.22. The summed E-state index contributed by atoms with van der Waals surface area (Å²) in [7, 11) is 3.44. The van der Waals surface area contributed by atoms with Crippen molar-refractivity contribution in [1.82, 2.24) is 5.16 Å². The molecule has 170 valence electrons. The van der Waals surface area contributed by atoms with Gasteiger partial charge in [0.1, 0.15) is 17.2 Å². The molecule has 1 heterocycles. The maximum absolute atomic E-state index is 5.93. The van der Waals surface area contributed by atoms with Crippen molar-refractivity contribution in [2.24, 2.45) is 17.3 Å². The standard InChI is InChI=1S/C29H31NO3/c1-29-15-14-23-22-11-9-21(32-3)16-19(22)6-10-24(23)25(29)12-13-26(29)28-17-27(30-33-28)18-4-7-20(31-2)8-5-18/h4-5,7-9,11,13,16-17,23-25H,6,10,12,14-15H2,1-3H3/t23-,24-,25+,29+/m1/s1. The molecule has 4 nitrogen and oxygen atoms in total. The number of aryl methyl sites for hydroxylation is 1. The highest BCUT2D eigenvalue weighted by Gasteiger charge is 2.52. The van der Waals surface area contributed by atoms with E-state index in [1.54, 1.807) is 19.8 Å². The normalized spacial score (nSPS) is 27.8. The molecule has 33 heavy (non-hydrogen) atoms. The van der Waals surface area contributed by atoms with Crippen molar-refractivity contribution in [3.63, 3.8) is 0 Å². The molecule has 1 aromatic heterocycles. The second-order valence-corrected chi connectivity index (χ2v) is 10.1. The second-order valence-electron chi connectivity index (χ2n) is 10.1. The average molecular weight is 442 g/mol. The minimum atomic E-state index is 0.155. The molecule has 3 aromatic rings. The van der Waals surface area contributed by atoms with E-state index in [-0.39, 0.29) is 5.41 Å². The first kappa shape index (κ1) is 20.6. The fraction of sp³-hybridized carbons (Fsp3) is 0.414. The van der Waals surface area contributed by atoms with Crippen LogP contribution >= 0.6 is 0 Å². The van der Waals surface area contributed by atoms with E-state index in [4.69, 9.17) is 14.0 Å². The van der Waals surface area contributed by atoms with Gasteiger partial charge in [-0.25, -0.2) is 0 Å². The fourth-order valence-corrected chi connectivity index (χ4v) is 6.94. The Labute approximate surface area is 195 Å². The monoisotopic (exact) mass is 441 g/mol. The molecule has 0 saturated heterocycles. The van der Waals surface area contributed by atoms with Gasteiger partial charge in [-0.1, -0.05) is 24.2 Å². The molecule has 0 spiro atoms. The molecule has 2 aromatic carbocycles. The number of aromatic nitrogens is 1. The van der Waals surface area contributed by atoms with Crippen molar-refractivity contribution in [3.05, 3.63) is 71.5 Å². The van der Waals surface area contributed by atoms with E-state index in [2.05, 4.69) is 42.4 Å². The van der Waals surface area contributed by atoms with Gasteiger partial charge in [-0.05, 0) is 108 Å². The summed E-state index contributed by atoms with van der Waals surface area (Å²) in [5.74, 6) is 4.81. The molecule has 0 radical (unpaired) electrons. The Morgan fingerprint density at radius 3 is 2.55 bits per heavy atom. The smallest absolute Gasteiger partial charge is 0.163 e. The van der Waals surface area contributed by atoms with Gasteiger partial charge in [0, 0.05) is 11.6 Å². The lowest BCUT2D eigenvalue weighted by molar-refractivity contribution is 0.0872. The van der Waals surface area contributed by atoms with Crippen LogP contribution in [0.4, 0.5) is 0 Å². The van der Waals surface area contributed by atoms with Gasteiger partial charge in [0.2, 0.25) is 0 Å². The third-order valence-electron chi connectivity index (χ3n) is 8.68. The number of benzene rings is 2. The number of hydrogen-bond acceptors (Lipinski definition) is 4. The maximum Gasteiger partial charge on any atom is 0.163 e. The van der Waals surface area contributed by atoms with E-state index in [1.807, 2.05) is 24.3 Å². The van der Waals surface area contributed by atoms with Gasteiger partial charge in [0.05, 0.1) is 14.2 Å².